The molecule has 1 amide bonds. The van der Waals surface area contributed by atoms with Crippen LogP contribution in [-0.4, -0.2) is 44.5 Å². The summed E-state index contributed by atoms with van der Waals surface area (Å²) in [7, 11) is 3.25. The van der Waals surface area contributed by atoms with Crippen molar-refractivity contribution < 1.29 is 14.3 Å². The van der Waals surface area contributed by atoms with Crippen molar-refractivity contribution in [2.24, 2.45) is 27.8 Å². The van der Waals surface area contributed by atoms with E-state index in [2.05, 4.69) is 66.4 Å². The number of likely N-dealkylation sites (tertiary alicyclic amines) is 1. The van der Waals surface area contributed by atoms with Crippen LogP contribution in [0.25, 0.3) is 0 Å². The number of aryl methyl sites for hydroxylation is 1. The molecule has 0 unspecified atom stereocenters. The number of aliphatic imine (C=N–C) groups is 1. The Balaban J connectivity index is 0.00000145. The number of piperidine rings is 1. The maximum atomic E-state index is 8.58. The van der Waals surface area contributed by atoms with Gasteiger partial charge in [0.1, 0.15) is 11.7 Å². The quantitative estimate of drug-likeness (QED) is 0.300. The zero-order valence-electron chi connectivity index (χ0n) is 22.4. The molecular weight excluding hydrogens is 452 g/mol. The van der Waals surface area contributed by atoms with Gasteiger partial charge in [0.2, 0.25) is 6.41 Å². The van der Waals surface area contributed by atoms with E-state index in [0.29, 0.717) is 28.7 Å². The van der Waals surface area contributed by atoms with E-state index in [4.69, 9.17) is 20.0 Å². The van der Waals surface area contributed by atoms with Gasteiger partial charge in [-0.1, -0.05) is 50.8 Å². The second-order valence-corrected chi connectivity index (χ2v) is 9.82. The van der Waals surface area contributed by atoms with Crippen LogP contribution in [-0.2, 0) is 11.2 Å². The van der Waals surface area contributed by atoms with Crippen molar-refractivity contribution in [3.05, 3.63) is 71.6 Å². The third-order valence-electron chi connectivity index (χ3n) is 6.71. The topological polar surface area (TPSA) is 103 Å². The van der Waals surface area contributed by atoms with Crippen LogP contribution in [0.15, 0.2) is 59.9 Å². The fourth-order valence-corrected chi connectivity index (χ4v) is 5.11. The highest BCUT2D eigenvalue weighted by atomic mass is 16.5. The van der Waals surface area contributed by atoms with Gasteiger partial charge in [0.15, 0.2) is 11.5 Å². The summed E-state index contributed by atoms with van der Waals surface area (Å²) in [6.07, 6.45) is 4.87. The van der Waals surface area contributed by atoms with Crippen molar-refractivity contribution in [2.45, 2.75) is 46.5 Å². The van der Waals surface area contributed by atoms with Crippen LogP contribution in [0.2, 0.25) is 0 Å². The molecule has 196 valence electrons. The highest BCUT2D eigenvalue weighted by Crippen LogP contribution is 2.41. The Labute approximate surface area is 216 Å². The fraction of sp³-hybridized carbons (Fsp3) is 0.448. The molecule has 3 rings (SSSR count). The largest absolute Gasteiger partial charge is 0.493 e. The van der Waals surface area contributed by atoms with E-state index in [1.807, 2.05) is 19.1 Å². The number of nitrogens with two attached hydrogens (primary N) is 2. The standard InChI is InChI=1S/C28H39N3O2.CH3NO/c1-20(2)18-28(19-23-10-8-7-9-11-23)12-14-31(15-13-28)22(4)30-27(29)24-17-26(33-6)25(32-5)16-21(24)3;2-1-3/h7-11,16-17,20H,4,12-15,18-19H2,1-3,5-6H3,(H2,29,30);1H,(H2,2,3). The number of carbonyl (C=O) groups excluding carboxylic acids is 1. The first-order valence-corrected chi connectivity index (χ1v) is 12.4. The normalized spacial score (nSPS) is 15.1. The summed E-state index contributed by atoms with van der Waals surface area (Å²) in [5, 5.41) is 0. The fourth-order valence-electron chi connectivity index (χ4n) is 5.11. The van der Waals surface area contributed by atoms with Crippen molar-refractivity contribution >= 4 is 12.2 Å². The summed E-state index contributed by atoms with van der Waals surface area (Å²) in [5.41, 5.74) is 14.1. The minimum absolute atomic E-state index is 0.250. The van der Waals surface area contributed by atoms with E-state index >= 15 is 0 Å². The van der Waals surface area contributed by atoms with Crippen molar-refractivity contribution in [1.82, 2.24) is 4.90 Å². The third kappa shape index (κ3) is 7.77. The van der Waals surface area contributed by atoms with E-state index in [1.54, 1.807) is 14.2 Å². The maximum Gasteiger partial charge on any atom is 0.204 e. The second kappa shape index (κ2) is 13.6. The number of hydrogen-bond acceptors (Lipinski definition) is 5. The third-order valence-corrected chi connectivity index (χ3v) is 6.71. The number of amidine groups is 1. The predicted octanol–water partition coefficient (Wildman–Crippen LogP) is 4.66. The molecule has 2 aromatic rings. The summed E-state index contributed by atoms with van der Waals surface area (Å²) < 4.78 is 10.8. The van der Waals surface area contributed by atoms with Crippen LogP contribution in [0, 0.1) is 18.3 Å². The van der Waals surface area contributed by atoms with Crippen molar-refractivity contribution in [3.63, 3.8) is 0 Å². The van der Waals surface area contributed by atoms with E-state index in [9.17, 15) is 0 Å². The van der Waals surface area contributed by atoms with Gasteiger partial charge in [0.25, 0.3) is 0 Å². The second-order valence-electron chi connectivity index (χ2n) is 9.82. The molecule has 0 radical (unpaired) electrons. The highest BCUT2D eigenvalue weighted by Gasteiger charge is 2.35. The Morgan fingerprint density at radius 3 is 2.22 bits per heavy atom. The molecule has 2 aromatic carbocycles. The number of nitrogens with zero attached hydrogens (tertiary/aromatic N) is 2. The Morgan fingerprint density at radius 2 is 1.69 bits per heavy atom. The van der Waals surface area contributed by atoms with Gasteiger partial charge in [0, 0.05) is 18.7 Å². The number of carbonyl (C=O) groups is 1. The first-order chi connectivity index (χ1) is 17.2. The lowest BCUT2D eigenvalue weighted by molar-refractivity contribution is -0.106. The van der Waals surface area contributed by atoms with Crippen LogP contribution in [0.3, 0.4) is 0 Å². The van der Waals surface area contributed by atoms with Crippen molar-refractivity contribution in [2.75, 3.05) is 27.3 Å². The van der Waals surface area contributed by atoms with Gasteiger partial charge in [-0.15, -0.1) is 0 Å². The van der Waals surface area contributed by atoms with Crippen LogP contribution in [0.1, 0.15) is 49.8 Å². The van der Waals surface area contributed by atoms with Gasteiger partial charge < -0.3 is 25.8 Å². The first kappa shape index (κ1) is 28.8. The number of primary amides is 1. The molecule has 0 bridgehead atoms. The molecule has 0 aromatic heterocycles. The predicted molar refractivity (Wildman–Crippen MR) is 147 cm³/mol. The van der Waals surface area contributed by atoms with Crippen LogP contribution >= 0.6 is 0 Å². The molecule has 0 saturated carbocycles. The van der Waals surface area contributed by atoms with Gasteiger partial charge in [0.05, 0.1) is 14.2 Å². The van der Waals surface area contributed by atoms with Gasteiger partial charge in [-0.05, 0) is 67.2 Å². The lowest BCUT2D eigenvalue weighted by atomic mass is 9.69. The van der Waals surface area contributed by atoms with Crippen LogP contribution in [0.4, 0.5) is 0 Å². The van der Waals surface area contributed by atoms with Crippen molar-refractivity contribution in [3.8, 4) is 11.5 Å². The zero-order chi connectivity index (χ0) is 26.7. The number of ether oxygens (including phenoxy) is 2. The molecule has 1 aliphatic rings. The van der Waals surface area contributed by atoms with Crippen LogP contribution < -0.4 is 20.9 Å². The lowest BCUT2D eigenvalue weighted by Gasteiger charge is -2.44. The van der Waals surface area contributed by atoms with E-state index in [1.165, 1.54) is 12.0 Å². The Hall–Kier alpha value is -3.48. The summed E-state index contributed by atoms with van der Waals surface area (Å²) in [6, 6.07) is 14.7. The molecule has 1 aliphatic heterocycles. The number of amides is 1. The smallest absolute Gasteiger partial charge is 0.204 e. The molecule has 7 heteroatoms. The van der Waals surface area contributed by atoms with E-state index < -0.39 is 0 Å². The van der Waals surface area contributed by atoms with Crippen molar-refractivity contribution in [1.29, 1.82) is 0 Å². The molecular formula is C29H42N4O3. The Kier molecular flexibility index (Phi) is 10.8. The molecule has 1 fully saturated rings. The van der Waals surface area contributed by atoms with Gasteiger partial charge in [-0.3, -0.25) is 4.79 Å². The van der Waals surface area contributed by atoms with Gasteiger partial charge in [-0.2, -0.15) is 0 Å². The Morgan fingerprint density at radius 1 is 1.14 bits per heavy atom. The molecule has 1 heterocycles. The average molecular weight is 495 g/mol. The average Bonchev–Trinajstić information content (AvgIpc) is 2.84. The molecule has 7 nitrogen and oxygen atoms in total. The minimum atomic E-state index is 0.250. The van der Waals surface area contributed by atoms with Gasteiger partial charge >= 0.3 is 0 Å². The zero-order valence-corrected chi connectivity index (χ0v) is 22.4. The van der Waals surface area contributed by atoms with Crippen LogP contribution in [0.5, 0.6) is 11.5 Å². The summed E-state index contributed by atoms with van der Waals surface area (Å²) in [5.74, 6) is 3.16. The highest BCUT2D eigenvalue weighted by molar-refractivity contribution is 6.00. The molecule has 0 aliphatic carbocycles. The lowest BCUT2D eigenvalue weighted by Crippen LogP contribution is -2.41. The molecule has 1 saturated heterocycles. The van der Waals surface area contributed by atoms with E-state index in [0.717, 1.165) is 49.3 Å². The number of methoxy groups -OCH3 is 2. The molecule has 36 heavy (non-hydrogen) atoms. The van der Waals surface area contributed by atoms with E-state index in [-0.39, 0.29) is 6.41 Å². The summed E-state index contributed by atoms with van der Waals surface area (Å²) in [6.45, 7) is 12.8. The maximum absolute atomic E-state index is 8.58. The summed E-state index contributed by atoms with van der Waals surface area (Å²) in [4.78, 5) is 15.5. The Bertz CT molecular complexity index is 1030. The minimum Gasteiger partial charge on any atom is -0.493 e. The summed E-state index contributed by atoms with van der Waals surface area (Å²) >= 11 is 0. The monoisotopic (exact) mass is 494 g/mol. The molecule has 4 N–H and O–H groups in total. The number of rotatable bonds is 9. The molecule has 0 atom stereocenters. The first-order valence-electron chi connectivity index (χ1n) is 12.4. The molecule has 0 spiro atoms. The van der Waals surface area contributed by atoms with Gasteiger partial charge in [-0.25, -0.2) is 4.99 Å². The number of benzene rings is 2. The number of hydrogen-bond donors (Lipinski definition) is 2. The SMILES string of the molecule is C=C(/N=C(/N)c1cc(OC)c(OC)cc1C)N1CCC(Cc2ccccc2)(CC(C)C)CC1.NC=O.